The van der Waals surface area contributed by atoms with Crippen LogP contribution in [0.2, 0.25) is 5.02 Å². The highest BCUT2D eigenvalue weighted by Gasteiger charge is 2.26. The van der Waals surface area contributed by atoms with Crippen molar-refractivity contribution >= 4 is 17.7 Å². The highest BCUT2D eigenvalue weighted by molar-refractivity contribution is 6.32. The number of carbonyl (C=O) groups is 1. The zero-order chi connectivity index (χ0) is 17.0. The number of ether oxygens (including phenoxy) is 1. The number of carbonyl (C=O) groups excluding carboxylic acids is 1. The fourth-order valence-corrected chi connectivity index (χ4v) is 2.67. The van der Waals surface area contributed by atoms with E-state index in [0.29, 0.717) is 30.2 Å². The molecule has 1 amide bonds. The van der Waals surface area contributed by atoms with Crippen molar-refractivity contribution in [1.29, 1.82) is 5.26 Å². The Morgan fingerprint density at radius 1 is 1.30 bits per heavy atom. The largest absolute Gasteiger partial charge is 0.444 e. The summed E-state index contributed by atoms with van der Waals surface area (Å²) in [4.78, 5) is 16.0. The molecule has 5 nitrogen and oxygen atoms in total. The molecule has 0 saturated carbocycles. The number of piperazine rings is 1. The van der Waals surface area contributed by atoms with Gasteiger partial charge in [-0.2, -0.15) is 5.26 Å². The molecule has 23 heavy (non-hydrogen) atoms. The van der Waals surface area contributed by atoms with Gasteiger partial charge in [0, 0.05) is 32.7 Å². The Morgan fingerprint density at radius 2 is 1.96 bits per heavy atom. The smallest absolute Gasteiger partial charge is 0.410 e. The highest BCUT2D eigenvalue weighted by atomic mass is 35.5. The molecule has 6 heteroatoms. The summed E-state index contributed by atoms with van der Waals surface area (Å²) in [6.45, 7) is 9.05. The Kier molecular flexibility index (Phi) is 5.51. The first-order chi connectivity index (χ1) is 10.8. The molecule has 0 aliphatic carbocycles. The van der Waals surface area contributed by atoms with Crippen LogP contribution < -0.4 is 0 Å². The molecule has 0 aromatic heterocycles. The topological polar surface area (TPSA) is 56.6 Å². The van der Waals surface area contributed by atoms with Crippen LogP contribution in [0.1, 0.15) is 31.9 Å². The SMILES string of the molecule is CC(C)(C)OC(=O)N1CCN(Cc2cccc(C#N)c2Cl)CC1. The molecule has 0 radical (unpaired) electrons. The fourth-order valence-electron chi connectivity index (χ4n) is 2.44. The van der Waals surface area contributed by atoms with Crippen molar-refractivity contribution in [3.05, 3.63) is 34.3 Å². The van der Waals surface area contributed by atoms with Crippen molar-refractivity contribution in [2.24, 2.45) is 0 Å². The van der Waals surface area contributed by atoms with Crippen molar-refractivity contribution in [3.63, 3.8) is 0 Å². The molecule has 1 fully saturated rings. The van der Waals surface area contributed by atoms with Gasteiger partial charge in [-0.1, -0.05) is 23.7 Å². The minimum atomic E-state index is -0.473. The molecule has 1 aliphatic heterocycles. The predicted octanol–water partition coefficient (Wildman–Crippen LogP) is 3.26. The molecule has 1 aromatic rings. The molecular weight excluding hydrogens is 314 g/mol. The van der Waals surface area contributed by atoms with Gasteiger partial charge in [0.1, 0.15) is 11.7 Å². The van der Waals surface area contributed by atoms with Gasteiger partial charge < -0.3 is 9.64 Å². The number of rotatable bonds is 2. The Labute approximate surface area is 142 Å². The van der Waals surface area contributed by atoms with Gasteiger partial charge in [0.15, 0.2) is 0 Å². The van der Waals surface area contributed by atoms with Gasteiger partial charge >= 0.3 is 6.09 Å². The Hall–Kier alpha value is -1.77. The number of benzene rings is 1. The summed E-state index contributed by atoms with van der Waals surface area (Å²) < 4.78 is 5.39. The molecule has 0 unspecified atom stereocenters. The minimum absolute atomic E-state index is 0.262. The number of nitriles is 1. The lowest BCUT2D eigenvalue weighted by atomic mass is 10.1. The third kappa shape index (κ3) is 4.85. The van der Waals surface area contributed by atoms with Crippen LogP contribution in [0.25, 0.3) is 0 Å². The van der Waals surface area contributed by atoms with Crippen molar-refractivity contribution in [2.45, 2.75) is 32.9 Å². The summed E-state index contributed by atoms with van der Waals surface area (Å²) in [5.41, 5.74) is 0.965. The first-order valence-corrected chi connectivity index (χ1v) is 8.06. The molecule has 0 N–H and O–H groups in total. The molecule has 0 atom stereocenters. The number of hydrogen-bond donors (Lipinski definition) is 0. The Bertz CT molecular complexity index is 611. The van der Waals surface area contributed by atoms with Crippen molar-refractivity contribution < 1.29 is 9.53 Å². The maximum Gasteiger partial charge on any atom is 0.410 e. The lowest BCUT2D eigenvalue weighted by Crippen LogP contribution is -2.49. The van der Waals surface area contributed by atoms with Crippen LogP contribution in [-0.4, -0.2) is 47.7 Å². The van der Waals surface area contributed by atoms with Gasteiger partial charge in [-0.3, -0.25) is 4.90 Å². The summed E-state index contributed by atoms with van der Waals surface area (Å²) >= 11 is 6.25. The van der Waals surface area contributed by atoms with Crippen LogP contribution in [0.5, 0.6) is 0 Å². The van der Waals surface area contributed by atoms with Crippen LogP contribution in [-0.2, 0) is 11.3 Å². The lowest BCUT2D eigenvalue weighted by molar-refractivity contribution is 0.0139. The van der Waals surface area contributed by atoms with Gasteiger partial charge in [0.2, 0.25) is 0 Å². The molecular formula is C17H22ClN3O2. The Morgan fingerprint density at radius 3 is 2.52 bits per heavy atom. The van der Waals surface area contributed by atoms with Crippen LogP contribution in [0.15, 0.2) is 18.2 Å². The zero-order valence-electron chi connectivity index (χ0n) is 13.8. The van der Waals surface area contributed by atoms with E-state index < -0.39 is 5.60 Å². The second kappa shape index (κ2) is 7.20. The van der Waals surface area contributed by atoms with E-state index in [1.165, 1.54) is 0 Å². The summed E-state index contributed by atoms with van der Waals surface area (Å²) in [6, 6.07) is 7.59. The van der Waals surface area contributed by atoms with Gasteiger partial charge in [0.25, 0.3) is 0 Å². The second-order valence-corrected chi connectivity index (χ2v) is 7.01. The van der Waals surface area contributed by atoms with E-state index in [4.69, 9.17) is 21.6 Å². The highest BCUT2D eigenvalue weighted by Crippen LogP contribution is 2.22. The number of halogens is 1. The third-order valence-corrected chi connectivity index (χ3v) is 4.06. The van der Waals surface area contributed by atoms with Gasteiger partial charge in [-0.25, -0.2) is 4.79 Å². The van der Waals surface area contributed by atoms with E-state index in [1.54, 1.807) is 11.0 Å². The molecule has 0 bridgehead atoms. The van der Waals surface area contributed by atoms with Gasteiger partial charge in [-0.05, 0) is 32.4 Å². The molecule has 1 heterocycles. The normalized spacial score (nSPS) is 16.0. The Balaban J connectivity index is 1.91. The van der Waals surface area contributed by atoms with Crippen LogP contribution >= 0.6 is 11.6 Å². The number of amides is 1. The minimum Gasteiger partial charge on any atom is -0.444 e. The van der Waals surface area contributed by atoms with Gasteiger partial charge in [-0.15, -0.1) is 0 Å². The van der Waals surface area contributed by atoms with E-state index in [-0.39, 0.29) is 6.09 Å². The number of nitrogens with zero attached hydrogens (tertiary/aromatic N) is 3. The predicted molar refractivity (Wildman–Crippen MR) is 89.3 cm³/mol. The molecule has 1 aromatic carbocycles. The maximum absolute atomic E-state index is 12.0. The summed E-state index contributed by atoms with van der Waals surface area (Å²) in [5, 5.41) is 9.55. The van der Waals surface area contributed by atoms with Crippen LogP contribution in [0, 0.1) is 11.3 Å². The van der Waals surface area contributed by atoms with E-state index in [0.717, 1.165) is 18.7 Å². The standard InChI is InChI=1S/C17H22ClN3O2/c1-17(2,3)23-16(22)21-9-7-20(8-10-21)12-14-6-4-5-13(11-19)15(14)18/h4-6H,7-10,12H2,1-3H3. The average molecular weight is 336 g/mol. The molecule has 124 valence electrons. The molecule has 1 saturated heterocycles. The van der Waals surface area contributed by atoms with Crippen LogP contribution in [0.4, 0.5) is 4.79 Å². The molecule has 1 aliphatic rings. The van der Waals surface area contributed by atoms with E-state index >= 15 is 0 Å². The van der Waals surface area contributed by atoms with Crippen molar-refractivity contribution in [2.75, 3.05) is 26.2 Å². The average Bonchev–Trinajstić information content (AvgIpc) is 2.48. The fraction of sp³-hybridized carbons (Fsp3) is 0.529. The van der Waals surface area contributed by atoms with Crippen molar-refractivity contribution in [1.82, 2.24) is 9.80 Å². The van der Waals surface area contributed by atoms with Gasteiger partial charge in [0.05, 0.1) is 10.6 Å². The number of hydrogen-bond acceptors (Lipinski definition) is 4. The van der Waals surface area contributed by atoms with Crippen molar-refractivity contribution in [3.8, 4) is 6.07 Å². The summed E-state index contributed by atoms with van der Waals surface area (Å²) in [5.74, 6) is 0. The zero-order valence-corrected chi connectivity index (χ0v) is 14.6. The first-order valence-electron chi connectivity index (χ1n) is 7.68. The van der Waals surface area contributed by atoms with E-state index in [9.17, 15) is 4.79 Å². The summed E-state index contributed by atoms with van der Waals surface area (Å²) in [6.07, 6.45) is -0.262. The molecule has 0 spiro atoms. The monoisotopic (exact) mass is 335 g/mol. The second-order valence-electron chi connectivity index (χ2n) is 6.63. The summed E-state index contributed by atoms with van der Waals surface area (Å²) in [7, 11) is 0. The van der Waals surface area contributed by atoms with Crippen LogP contribution in [0.3, 0.4) is 0 Å². The quantitative estimate of drug-likeness (QED) is 0.832. The first kappa shape index (κ1) is 17.6. The van der Waals surface area contributed by atoms with E-state index in [1.807, 2.05) is 32.9 Å². The molecule has 2 rings (SSSR count). The van der Waals surface area contributed by atoms with E-state index in [2.05, 4.69) is 11.0 Å². The lowest BCUT2D eigenvalue weighted by Gasteiger charge is -2.35. The third-order valence-electron chi connectivity index (χ3n) is 3.62. The maximum atomic E-state index is 12.0.